The van der Waals surface area contributed by atoms with E-state index in [4.69, 9.17) is 0 Å². The number of amides is 1. The maximum Gasteiger partial charge on any atom is 0.253 e. The third kappa shape index (κ3) is 3.27. The highest BCUT2D eigenvalue weighted by Crippen LogP contribution is 2.27. The van der Waals surface area contributed by atoms with Gasteiger partial charge in [-0.05, 0) is 43.7 Å². The van der Waals surface area contributed by atoms with Crippen LogP contribution >= 0.6 is 0 Å². The zero-order valence-electron chi connectivity index (χ0n) is 12.6. The van der Waals surface area contributed by atoms with E-state index in [0.717, 1.165) is 32.1 Å². The molecule has 0 unspecified atom stereocenters. The predicted molar refractivity (Wildman–Crippen MR) is 83.4 cm³/mol. The first-order valence-corrected chi connectivity index (χ1v) is 8.01. The Morgan fingerprint density at radius 1 is 1.32 bits per heavy atom. The summed E-state index contributed by atoms with van der Waals surface area (Å²) in [5.41, 5.74) is 1.84. The Morgan fingerprint density at radius 3 is 3.05 bits per heavy atom. The summed E-state index contributed by atoms with van der Waals surface area (Å²) in [6.07, 6.45) is 6.07. The number of aromatic nitrogens is 3. The van der Waals surface area contributed by atoms with Gasteiger partial charge in [0.1, 0.15) is 11.0 Å². The predicted octanol–water partition coefficient (Wildman–Crippen LogP) is 2.02. The number of nitrogens with one attached hydrogen (secondary N) is 2. The summed E-state index contributed by atoms with van der Waals surface area (Å²) >= 11 is 0. The van der Waals surface area contributed by atoms with Crippen LogP contribution in [0.25, 0.3) is 11.0 Å². The fourth-order valence-electron chi connectivity index (χ4n) is 3.24. The monoisotopic (exact) mass is 302 g/mol. The maximum absolute atomic E-state index is 12.2. The van der Waals surface area contributed by atoms with Crippen molar-refractivity contribution >= 4 is 16.9 Å². The SMILES string of the molecule is O=C(NCCC[C@@H]1CCCC[C@H]1O)c1cccc2n[nH]nc12. The van der Waals surface area contributed by atoms with Crippen molar-refractivity contribution < 1.29 is 9.90 Å². The molecule has 1 aromatic carbocycles. The summed E-state index contributed by atoms with van der Waals surface area (Å²) in [6.45, 7) is 0.621. The number of aliphatic hydroxyl groups is 1. The van der Waals surface area contributed by atoms with Crippen molar-refractivity contribution in [2.75, 3.05) is 6.54 Å². The second-order valence-corrected chi connectivity index (χ2v) is 6.01. The molecule has 0 aliphatic heterocycles. The number of rotatable bonds is 5. The summed E-state index contributed by atoms with van der Waals surface area (Å²) in [6, 6.07) is 5.38. The molecule has 1 amide bonds. The minimum absolute atomic E-state index is 0.122. The van der Waals surface area contributed by atoms with Crippen molar-refractivity contribution in [3.8, 4) is 0 Å². The zero-order chi connectivity index (χ0) is 15.4. The first-order chi connectivity index (χ1) is 10.8. The van der Waals surface area contributed by atoms with Gasteiger partial charge in [-0.3, -0.25) is 4.79 Å². The highest BCUT2D eigenvalue weighted by molar-refractivity contribution is 6.04. The number of aromatic amines is 1. The number of hydrogen-bond acceptors (Lipinski definition) is 4. The van der Waals surface area contributed by atoms with E-state index in [1.54, 1.807) is 12.1 Å². The molecule has 3 rings (SSSR count). The minimum Gasteiger partial charge on any atom is -0.393 e. The fraction of sp³-hybridized carbons (Fsp3) is 0.562. The molecule has 0 saturated heterocycles. The van der Waals surface area contributed by atoms with Crippen molar-refractivity contribution in [2.24, 2.45) is 5.92 Å². The molecule has 1 aliphatic carbocycles. The number of carbonyl (C=O) groups is 1. The van der Waals surface area contributed by atoms with Gasteiger partial charge in [0.15, 0.2) is 0 Å². The molecule has 1 aromatic heterocycles. The number of benzene rings is 1. The molecule has 6 heteroatoms. The Hall–Kier alpha value is -1.95. The molecule has 118 valence electrons. The van der Waals surface area contributed by atoms with Crippen LogP contribution < -0.4 is 5.32 Å². The van der Waals surface area contributed by atoms with Gasteiger partial charge in [-0.25, -0.2) is 0 Å². The van der Waals surface area contributed by atoms with Gasteiger partial charge < -0.3 is 10.4 Å². The Morgan fingerprint density at radius 2 is 2.18 bits per heavy atom. The van der Waals surface area contributed by atoms with Crippen molar-refractivity contribution in [3.05, 3.63) is 23.8 Å². The van der Waals surface area contributed by atoms with Crippen LogP contribution in [0.3, 0.4) is 0 Å². The Kier molecular flexibility index (Phi) is 4.68. The summed E-state index contributed by atoms with van der Waals surface area (Å²) in [5, 5.41) is 23.4. The molecule has 2 aromatic rings. The van der Waals surface area contributed by atoms with Gasteiger partial charge >= 0.3 is 0 Å². The topological polar surface area (TPSA) is 90.9 Å². The molecule has 1 fully saturated rings. The fourth-order valence-corrected chi connectivity index (χ4v) is 3.24. The summed E-state index contributed by atoms with van der Waals surface area (Å²) in [4.78, 5) is 12.2. The van der Waals surface area contributed by atoms with Gasteiger partial charge in [-0.15, -0.1) is 0 Å². The molecule has 3 N–H and O–H groups in total. The molecular formula is C16H22N4O2. The molecular weight excluding hydrogens is 280 g/mol. The van der Waals surface area contributed by atoms with E-state index in [9.17, 15) is 9.90 Å². The molecule has 0 bridgehead atoms. The summed E-state index contributed by atoms with van der Waals surface area (Å²) < 4.78 is 0. The number of aliphatic hydroxyl groups excluding tert-OH is 1. The van der Waals surface area contributed by atoms with E-state index in [2.05, 4.69) is 20.7 Å². The Balaban J connectivity index is 1.49. The molecule has 2 atom stereocenters. The van der Waals surface area contributed by atoms with Crippen LogP contribution in [0.2, 0.25) is 0 Å². The van der Waals surface area contributed by atoms with E-state index in [0.29, 0.717) is 29.1 Å². The maximum atomic E-state index is 12.2. The molecule has 22 heavy (non-hydrogen) atoms. The number of fused-ring (bicyclic) bond motifs is 1. The van der Waals surface area contributed by atoms with E-state index in [-0.39, 0.29) is 12.0 Å². The van der Waals surface area contributed by atoms with Crippen LogP contribution in [0, 0.1) is 5.92 Å². The summed E-state index contributed by atoms with van der Waals surface area (Å²) in [5.74, 6) is 0.272. The lowest BCUT2D eigenvalue weighted by Gasteiger charge is -2.27. The molecule has 1 saturated carbocycles. The van der Waals surface area contributed by atoms with Gasteiger partial charge in [0.25, 0.3) is 5.91 Å². The van der Waals surface area contributed by atoms with Gasteiger partial charge in [-0.2, -0.15) is 15.4 Å². The lowest BCUT2D eigenvalue weighted by Crippen LogP contribution is -2.28. The quantitative estimate of drug-likeness (QED) is 0.737. The van der Waals surface area contributed by atoms with Crippen LogP contribution in [-0.4, -0.2) is 39.1 Å². The normalized spacial score (nSPS) is 21.9. The molecule has 1 heterocycles. The van der Waals surface area contributed by atoms with Crippen molar-refractivity contribution in [1.29, 1.82) is 0 Å². The second-order valence-electron chi connectivity index (χ2n) is 6.01. The second kappa shape index (κ2) is 6.87. The molecule has 6 nitrogen and oxygen atoms in total. The van der Waals surface area contributed by atoms with Crippen molar-refractivity contribution in [3.63, 3.8) is 0 Å². The van der Waals surface area contributed by atoms with E-state index in [1.807, 2.05) is 6.07 Å². The Bertz CT molecular complexity index is 640. The first kappa shape index (κ1) is 15.0. The van der Waals surface area contributed by atoms with Crippen LogP contribution in [0.5, 0.6) is 0 Å². The number of H-pyrrole nitrogens is 1. The minimum atomic E-state index is -0.159. The van der Waals surface area contributed by atoms with Crippen LogP contribution in [-0.2, 0) is 0 Å². The lowest BCUT2D eigenvalue weighted by atomic mass is 9.83. The average molecular weight is 302 g/mol. The van der Waals surface area contributed by atoms with Crippen LogP contribution in [0.15, 0.2) is 18.2 Å². The molecule has 0 spiro atoms. The lowest BCUT2D eigenvalue weighted by molar-refractivity contribution is 0.0641. The van der Waals surface area contributed by atoms with Crippen LogP contribution in [0.1, 0.15) is 48.9 Å². The van der Waals surface area contributed by atoms with Crippen molar-refractivity contribution in [1.82, 2.24) is 20.7 Å². The van der Waals surface area contributed by atoms with Gasteiger partial charge in [-0.1, -0.05) is 18.9 Å². The van der Waals surface area contributed by atoms with Gasteiger partial charge in [0.2, 0.25) is 0 Å². The molecule has 0 radical (unpaired) electrons. The zero-order valence-corrected chi connectivity index (χ0v) is 12.6. The summed E-state index contributed by atoms with van der Waals surface area (Å²) in [7, 11) is 0. The standard InChI is InChI=1S/C16H22N4O2/c21-14-9-2-1-5-11(14)6-4-10-17-16(22)12-7-3-8-13-15(12)19-20-18-13/h3,7-8,11,14,21H,1-2,4-6,9-10H2,(H,17,22)(H,18,19,20)/t11-,14+/m0/s1. The van der Waals surface area contributed by atoms with Crippen molar-refractivity contribution in [2.45, 2.75) is 44.6 Å². The number of carbonyl (C=O) groups excluding carboxylic acids is 1. The van der Waals surface area contributed by atoms with Crippen LogP contribution in [0.4, 0.5) is 0 Å². The molecule has 1 aliphatic rings. The Labute approximate surface area is 129 Å². The smallest absolute Gasteiger partial charge is 0.253 e. The third-order valence-corrected chi connectivity index (χ3v) is 4.50. The van der Waals surface area contributed by atoms with Gasteiger partial charge in [0, 0.05) is 6.54 Å². The third-order valence-electron chi connectivity index (χ3n) is 4.50. The highest BCUT2D eigenvalue weighted by Gasteiger charge is 2.22. The highest BCUT2D eigenvalue weighted by atomic mass is 16.3. The van der Waals surface area contributed by atoms with E-state index in [1.165, 1.54) is 6.42 Å². The van der Waals surface area contributed by atoms with E-state index >= 15 is 0 Å². The average Bonchev–Trinajstić information content (AvgIpc) is 3.01. The largest absolute Gasteiger partial charge is 0.393 e. The number of hydrogen-bond donors (Lipinski definition) is 3. The first-order valence-electron chi connectivity index (χ1n) is 8.01. The number of para-hydroxylation sites is 1. The van der Waals surface area contributed by atoms with E-state index < -0.39 is 0 Å². The van der Waals surface area contributed by atoms with Gasteiger partial charge in [0.05, 0.1) is 11.7 Å². The number of nitrogens with zero attached hydrogens (tertiary/aromatic N) is 2.